The van der Waals surface area contributed by atoms with Crippen molar-refractivity contribution in [2.75, 3.05) is 31.7 Å². The van der Waals surface area contributed by atoms with Crippen LogP contribution in [0.5, 0.6) is 0 Å². The normalized spacial score (nSPS) is 11.4. The average Bonchev–Trinajstić information content (AvgIpc) is 3.36. The minimum Gasteiger partial charge on any atom is -0.464 e. The Morgan fingerprint density at radius 1 is 1.03 bits per heavy atom. The molecule has 0 saturated heterocycles. The van der Waals surface area contributed by atoms with E-state index in [4.69, 9.17) is 9.40 Å². The number of aromatic nitrogens is 1. The van der Waals surface area contributed by atoms with E-state index >= 15 is 0 Å². The van der Waals surface area contributed by atoms with Crippen molar-refractivity contribution in [1.82, 2.24) is 9.88 Å². The van der Waals surface area contributed by atoms with Gasteiger partial charge in [0.05, 0.1) is 18.0 Å². The lowest BCUT2D eigenvalue weighted by Gasteiger charge is -2.06. The maximum absolute atomic E-state index is 5.85. The van der Waals surface area contributed by atoms with Crippen molar-refractivity contribution >= 4 is 39.0 Å². The Morgan fingerprint density at radius 3 is 2.72 bits per heavy atom. The lowest BCUT2D eigenvalue weighted by Crippen LogP contribution is -2.09. The average molecular weight is 424 g/mol. The van der Waals surface area contributed by atoms with E-state index in [-0.39, 0.29) is 0 Å². The summed E-state index contributed by atoms with van der Waals surface area (Å²) in [5, 5.41) is 9.03. The second-order valence-electron chi connectivity index (χ2n) is 7.18. The quantitative estimate of drug-likeness (QED) is 0.336. The predicted molar refractivity (Wildman–Crippen MR) is 126 cm³/mol. The molecule has 0 aliphatic heterocycles. The number of fused-ring (bicyclic) bond motifs is 1. The number of nitrogens with zero attached hydrogens (tertiary/aromatic N) is 2. The van der Waals surface area contributed by atoms with Crippen LogP contribution in [0.2, 0.25) is 0 Å². The van der Waals surface area contributed by atoms with Crippen LogP contribution in [0.25, 0.3) is 22.0 Å². The molecule has 0 unspecified atom stereocenters. The number of thiazole rings is 1. The molecule has 0 radical (unpaired) electrons. The van der Waals surface area contributed by atoms with Gasteiger partial charge >= 0.3 is 0 Å². The molecule has 0 aliphatic rings. The largest absolute Gasteiger partial charge is 0.464 e. The van der Waals surface area contributed by atoms with Gasteiger partial charge in [-0.05, 0) is 43.1 Å². The molecule has 4 nitrogen and oxygen atoms in total. The zero-order valence-corrected chi connectivity index (χ0v) is 18.4. The van der Waals surface area contributed by atoms with Crippen LogP contribution in [0.3, 0.4) is 0 Å². The highest BCUT2D eigenvalue weighted by Crippen LogP contribution is 2.27. The Morgan fingerprint density at radius 2 is 1.86 bits per heavy atom. The fourth-order valence-corrected chi connectivity index (χ4v) is 4.63. The highest BCUT2D eigenvalue weighted by molar-refractivity contribution is 7.98. The zero-order valence-electron chi connectivity index (χ0n) is 16.7. The summed E-state index contributed by atoms with van der Waals surface area (Å²) in [6.07, 6.45) is 0. The van der Waals surface area contributed by atoms with Crippen LogP contribution in [0.1, 0.15) is 11.5 Å². The van der Waals surface area contributed by atoms with Gasteiger partial charge in [0.25, 0.3) is 0 Å². The van der Waals surface area contributed by atoms with Crippen LogP contribution in [0, 0.1) is 0 Å². The molecule has 0 amide bonds. The molecule has 6 heteroatoms. The molecule has 0 fully saturated rings. The van der Waals surface area contributed by atoms with Crippen molar-refractivity contribution < 1.29 is 4.42 Å². The second-order valence-corrected chi connectivity index (χ2v) is 9.15. The van der Waals surface area contributed by atoms with Crippen LogP contribution in [-0.2, 0) is 12.3 Å². The SMILES string of the molecule is CN(C)Cc1ccc(CSCCNc2nc(-c3ccc4ccccc4c3)cs2)o1. The maximum atomic E-state index is 5.85. The first-order valence-corrected chi connectivity index (χ1v) is 11.7. The topological polar surface area (TPSA) is 41.3 Å². The Bertz CT molecular complexity index is 1070. The van der Waals surface area contributed by atoms with Gasteiger partial charge in [0, 0.05) is 23.2 Å². The third-order valence-corrected chi connectivity index (χ3v) is 6.29. The Labute approximate surface area is 180 Å². The number of furan rings is 1. The number of rotatable bonds is 9. The summed E-state index contributed by atoms with van der Waals surface area (Å²) in [5.41, 5.74) is 2.19. The molecule has 0 bridgehead atoms. The van der Waals surface area contributed by atoms with E-state index in [0.29, 0.717) is 0 Å². The number of nitrogens with one attached hydrogen (secondary N) is 1. The molecule has 2 heterocycles. The van der Waals surface area contributed by atoms with Crippen molar-refractivity contribution in [3.8, 4) is 11.3 Å². The van der Waals surface area contributed by atoms with Gasteiger partial charge in [-0.3, -0.25) is 0 Å². The van der Waals surface area contributed by atoms with E-state index in [1.165, 1.54) is 10.8 Å². The zero-order chi connectivity index (χ0) is 20.1. The van der Waals surface area contributed by atoms with Crippen LogP contribution in [0.4, 0.5) is 5.13 Å². The molecule has 1 N–H and O–H groups in total. The van der Waals surface area contributed by atoms with E-state index in [9.17, 15) is 0 Å². The van der Waals surface area contributed by atoms with Gasteiger partial charge in [-0.2, -0.15) is 11.8 Å². The van der Waals surface area contributed by atoms with E-state index in [2.05, 4.69) is 70.2 Å². The van der Waals surface area contributed by atoms with Crippen molar-refractivity contribution in [2.24, 2.45) is 0 Å². The van der Waals surface area contributed by atoms with E-state index in [0.717, 1.165) is 52.5 Å². The molecule has 4 aromatic rings. The summed E-state index contributed by atoms with van der Waals surface area (Å²) in [7, 11) is 4.10. The maximum Gasteiger partial charge on any atom is 0.183 e. The summed E-state index contributed by atoms with van der Waals surface area (Å²) in [6, 6.07) is 19.1. The van der Waals surface area contributed by atoms with Crippen molar-refractivity contribution in [1.29, 1.82) is 0 Å². The van der Waals surface area contributed by atoms with Gasteiger partial charge in [0.2, 0.25) is 0 Å². The Hall–Kier alpha value is -2.28. The van der Waals surface area contributed by atoms with Gasteiger partial charge in [0.15, 0.2) is 5.13 Å². The molecule has 2 aromatic heterocycles. The Kier molecular flexibility index (Phi) is 6.54. The van der Waals surface area contributed by atoms with Crippen LogP contribution < -0.4 is 5.32 Å². The van der Waals surface area contributed by atoms with Crippen molar-refractivity contribution in [3.63, 3.8) is 0 Å². The minimum atomic E-state index is 0.843. The standard InChI is InChI=1S/C23H25N3OS2/c1-26(2)14-20-9-10-21(27-20)15-28-12-11-24-23-25-22(16-29-23)19-8-7-17-5-3-4-6-18(17)13-19/h3-10,13,16H,11-12,14-15H2,1-2H3,(H,24,25). The van der Waals surface area contributed by atoms with E-state index < -0.39 is 0 Å². The predicted octanol–water partition coefficient (Wildman–Crippen LogP) is 5.96. The monoisotopic (exact) mass is 423 g/mol. The molecule has 0 aliphatic carbocycles. The highest BCUT2D eigenvalue weighted by Gasteiger charge is 2.06. The van der Waals surface area contributed by atoms with Gasteiger partial charge in [0.1, 0.15) is 11.5 Å². The number of anilines is 1. The summed E-state index contributed by atoms with van der Waals surface area (Å²) in [5.74, 6) is 3.97. The van der Waals surface area contributed by atoms with Gasteiger partial charge in [-0.1, -0.05) is 36.4 Å². The molecule has 29 heavy (non-hydrogen) atoms. The fourth-order valence-electron chi connectivity index (χ4n) is 3.14. The summed E-state index contributed by atoms with van der Waals surface area (Å²) in [4.78, 5) is 6.86. The smallest absolute Gasteiger partial charge is 0.183 e. The third kappa shape index (κ3) is 5.41. The van der Waals surface area contributed by atoms with Crippen LogP contribution in [0.15, 0.2) is 64.4 Å². The number of hydrogen-bond donors (Lipinski definition) is 1. The molecular formula is C23H25N3OS2. The Balaban J connectivity index is 1.24. The fraction of sp³-hybridized carbons (Fsp3) is 0.261. The summed E-state index contributed by atoms with van der Waals surface area (Å²) >= 11 is 3.53. The lowest BCUT2D eigenvalue weighted by atomic mass is 10.1. The third-order valence-electron chi connectivity index (χ3n) is 4.51. The first-order chi connectivity index (χ1) is 14.2. The van der Waals surface area contributed by atoms with Crippen LogP contribution in [-0.4, -0.2) is 36.3 Å². The highest BCUT2D eigenvalue weighted by atomic mass is 32.2. The van der Waals surface area contributed by atoms with Crippen LogP contribution >= 0.6 is 23.1 Å². The van der Waals surface area contributed by atoms with Gasteiger partial charge in [-0.25, -0.2) is 4.98 Å². The second kappa shape index (κ2) is 9.48. The van der Waals surface area contributed by atoms with Crippen molar-refractivity contribution in [3.05, 3.63) is 71.5 Å². The minimum absolute atomic E-state index is 0.843. The van der Waals surface area contributed by atoms with E-state index in [1.807, 2.05) is 25.9 Å². The first kappa shape index (κ1) is 20.0. The summed E-state index contributed by atoms with van der Waals surface area (Å²) < 4.78 is 5.85. The van der Waals surface area contributed by atoms with Crippen molar-refractivity contribution in [2.45, 2.75) is 12.3 Å². The number of benzene rings is 2. The van der Waals surface area contributed by atoms with Gasteiger partial charge in [-0.15, -0.1) is 11.3 Å². The van der Waals surface area contributed by atoms with E-state index in [1.54, 1.807) is 11.3 Å². The molecule has 0 saturated carbocycles. The summed E-state index contributed by atoms with van der Waals surface area (Å²) in [6.45, 7) is 1.73. The number of thioether (sulfide) groups is 1. The molecule has 150 valence electrons. The molecule has 0 atom stereocenters. The first-order valence-electron chi connectivity index (χ1n) is 9.66. The number of hydrogen-bond acceptors (Lipinski definition) is 6. The molecule has 2 aromatic carbocycles. The molecule has 4 rings (SSSR count). The van der Waals surface area contributed by atoms with Gasteiger partial charge < -0.3 is 14.6 Å². The molecular weight excluding hydrogens is 398 g/mol. The molecule has 0 spiro atoms. The lowest BCUT2D eigenvalue weighted by molar-refractivity contribution is 0.344.